The lowest BCUT2D eigenvalue weighted by Gasteiger charge is -2.11. The first-order valence-electron chi connectivity index (χ1n) is 6.95. The van der Waals surface area contributed by atoms with Gasteiger partial charge in [0.25, 0.3) is 0 Å². The second kappa shape index (κ2) is 6.26. The fourth-order valence-electron chi connectivity index (χ4n) is 2.49. The van der Waals surface area contributed by atoms with Crippen molar-refractivity contribution in [1.82, 2.24) is 4.98 Å². The second-order valence-corrected chi connectivity index (χ2v) is 5.35. The number of fused-ring (bicyclic) bond motifs is 1. The van der Waals surface area contributed by atoms with Crippen LogP contribution in [0.25, 0.3) is 21.9 Å². The van der Waals surface area contributed by atoms with Crippen LogP contribution in [0, 0.1) is 0 Å². The molecule has 0 aliphatic carbocycles. The van der Waals surface area contributed by atoms with Crippen molar-refractivity contribution in [2.24, 2.45) is 0 Å². The van der Waals surface area contributed by atoms with Crippen LogP contribution in [0.5, 0.6) is 5.88 Å². The number of rotatable bonds is 3. The summed E-state index contributed by atoms with van der Waals surface area (Å²) in [7, 11) is 2.92. The Morgan fingerprint density at radius 3 is 2.65 bits per heavy atom. The summed E-state index contributed by atoms with van der Waals surface area (Å²) in [5.41, 5.74) is 2.19. The van der Waals surface area contributed by atoms with Crippen molar-refractivity contribution < 1.29 is 14.3 Å². The minimum atomic E-state index is -0.375. The molecule has 0 atom stereocenters. The van der Waals surface area contributed by atoms with E-state index in [0.29, 0.717) is 16.5 Å². The van der Waals surface area contributed by atoms with Gasteiger partial charge in [-0.1, -0.05) is 35.9 Å². The summed E-state index contributed by atoms with van der Waals surface area (Å²) < 4.78 is 9.97. The number of hydrogen-bond donors (Lipinski definition) is 0. The topological polar surface area (TPSA) is 48.4 Å². The molecule has 0 aliphatic rings. The van der Waals surface area contributed by atoms with Gasteiger partial charge in [-0.3, -0.25) is 0 Å². The lowest BCUT2D eigenvalue weighted by Crippen LogP contribution is -2.00. The fraction of sp³-hybridized carbons (Fsp3) is 0.111. The molecule has 0 radical (unpaired) electrons. The molecule has 5 heteroatoms. The zero-order chi connectivity index (χ0) is 16.4. The van der Waals surface area contributed by atoms with Crippen LogP contribution in [0.15, 0.2) is 48.7 Å². The lowest BCUT2D eigenvalue weighted by molar-refractivity contribution is 0.0601. The highest BCUT2D eigenvalue weighted by Crippen LogP contribution is 2.35. The molecular weight excluding hydrogens is 314 g/mol. The predicted octanol–water partition coefficient (Wildman–Crippen LogP) is 4.35. The van der Waals surface area contributed by atoms with Gasteiger partial charge in [0.05, 0.1) is 31.0 Å². The third-order valence-electron chi connectivity index (χ3n) is 3.63. The molecule has 0 amide bonds. The first-order valence-corrected chi connectivity index (χ1v) is 7.33. The van der Waals surface area contributed by atoms with E-state index in [1.807, 2.05) is 24.3 Å². The highest BCUT2D eigenvalue weighted by molar-refractivity contribution is 6.33. The van der Waals surface area contributed by atoms with Gasteiger partial charge in [0.1, 0.15) is 0 Å². The second-order valence-electron chi connectivity index (χ2n) is 4.94. The molecule has 0 N–H and O–H groups in total. The van der Waals surface area contributed by atoms with Crippen LogP contribution in [0.3, 0.4) is 0 Å². The molecule has 23 heavy (non-hydrogen) atoms. The number of halogens is 1. The Bertz CT molecular complexity index is 893. The zero-order valence-electron chi connectivity index (χ0n) is 12.7. The Kier molecular flexibility index (Phi) is 4.17. The Morgan fingerprint density at radius 2 is 1.91 bits per heavy atom. The molecule has 3 aromatic rings. The molecule has 0 unspecified atom stereocenters. The summed E-state index contributed by atoms with van der Waals surface area (Å²) in [6.07, 6.45) is 1.55. The van der Waals surface area contributed by atoms with Crippen molar-refractivity contribution in [3.8, 4) is 17.0 Å². The highest BCUT2D eigenvalue weighted by Gasteiger charge is 2.12. The summed E-state index contributed by atoms with van der Waals surface area (Å²) in [6.45, 7) is 0. The predicted molar refractivity (Wildman–Crippen MR) is 90.1 cm³/mol. The standard InChI is InChI=1S/C18H14ClNO3/c1-22-17-9-15(16(19)10-20-17)13-5-3-4-11-6-7-12(8-14(11)13)18(21)23-2/h3-10H,1-2H3. The maximum atomic E-state index is 11.8. The van der Waals surface area contributed by atoms with Crippen molar-refractivity contribution >= 4 is 28.3 Å². The average Bonchev–Trinajstić information content (AvgIpc) is 2.60. The van der Waals surface area contributed by atoms with Crippen LogP contribution in [0.2, 0.25) is 5.02 Å². The molecule has 0 fully saturated rings. The fourth-order valence-corrected chi connectivity index (χ4v) is 2.70. The Labute approximate surface area is 138 Å². The Hall–Kier alpha value is -2.59. The van der Waals surface area contributed by atoms with Crippen LogP contribution in [0.4, 0.5) is 0 Å². The number of carbonyl (C=O) groups excluding carboxylic acids is 1. The minimum absolute atomic E-state index is 0.375. The van der Waals surface area contributed by atoms with Gasteiger partial charge in [-0.2, -0.15) is 0 Å². The van der Waals surface area contributed by atoms with Crippen molar-refractivity contribution in [2.75, 3.05) is 14.2 Å². The summed E-state index contributed by atoms with van der Waals surface area (Å²) >= 11 is 6.31. The Balaban J connectivity index is 2.27. The number of pyridine rings is 1. The SMILES string of the molecule is COC(=O)c1ccc2cccc(-c3cc(OC)ncc3Cl)c2c1. The third kappa shape index (κ3) is 2.85. The summed E-state index contributed by atoms with van der Waals surface area (Å²) in [4.78, 5) is 15.9. The van der Waals surface area contributed by atoms with Crippen molar-refractivity contribution in [3.63, 3.8) is 0 Å². The molecule has 116 valence electrons. The molecule has 0 saturated carbocycles. The molecule has 1 aromatic heterocycles. The molecule has 0 saturated heterocycles. The van der Waals surface area contributed by atoms with Gasteiger partial charge >= 0.3 is 5.97 Å². The number of benzene rings is 2. The van der Waals surface area contributed by atoms with Crippen LogP contribution in [-0.4, -0.2) is 25.2 Å². The molecule has 0 aliphatic heterocycles. The van der Waals surface area contributed by atoms with E-state index in [9.17, 15) is 4.79 Å². The molecule has 0 bridgehead atoms. The van der Waals surface area contributed by atoms with E-state index >= 15 is 0 Å². The minimum Gasteiger partial charge on any atom is -0.481 e. The van der Waals surface area contributed by atoms with Gasteiger partial charge in [-0.15, -0.1) is 0 Å². The van der Waals surface area contributed by atoms with Crippen LogP contribution >= 0.6 is 11.6 Å². The van der Waals surface area contributed by atoms with Gasteiger partial charge < -0.3 is 9.47 Å². The van der Waals surface area contributed by atoms with Gasteiger partial charge in [-0.25, -0.2) is 9.78 Å². The quantitative estimate of drug-likeness (QED) is 0.671. The number of esters is 1. The summed E-state index contributed by atoms with van der Waals surface area (Å²) in [6, 6.07) is 13.1. The monoisotopic (exact) mass is 327 g/mol. The molecule has 0 spiro atoms. The number of aromatic nitrogens is 1. The average molecular weight is 328 g/mol. The number of ether oxygens (including phenoxy) is 2. The van der Waals surface area contributed by atoms with E-state index in [2.05, 4.69) is 4.98 Å². The summed E-state index contributed by atoms with van der Waals surface area (Å²) in [5, 5.41) is 2.43. The molecule has 2 aromatic carbocycles. The first kappa shape index (κ1) is 15.3. The maximum Gasteiger partial charge on any atom is 0.337 e. The molecule has 4 nitrogen and oxygen atoms in total. The number of carbonyl (C=O) groups is 1. The van der Waals surface area contributed by atoms with E-state index in [1.165, 1.54) is 7.11 Å². The number of methoxy groups -OCH3 is 2. The number of hydrogen-bond acceptors (Lipinski definition) is 4. The van der Waals surface area contributed by atoms with Crippen LogP contribution < -0.4 is 4.74 Å². The normalized spacial score (nSPS) is 10.6. The van der Waals surface area contributed by atoms with E-state index < -0.39 is 0 Å². The van der Waals surface area contributed by atoms with Crippen LogP contribution in [-0.2, 0) is 4.74 Å². The van der Waals surface area contributed by atoms with Gasteiger partial charge in [0, 0.05) is 11.6 Å². The van der Waals surface area contributed by atoms with Gasteiger partial charge in [0.2, 0.25) is 5.88 Å². The lowest BCUT2D eigenvalue weighted by atomic mass is 9.97. The highest BCUT2D eigenvalue weighted by atomic mass is 35.5. The first-order chi connectivity index (χ1) is 11.1. The van der Waals surface area contributed by atoms with Gasteiger partial charge in [-0.05, 0) is 28.5 Å². The van der Waals surface area contributed by atoms with Gasteiger partial charge in [0.15, 0.2) is 0 Å². The number of nitrogens with zero attached hydrogens (tertiary/aromatic N) is 1. The van der Waals surface area contributed by atoms with E-state index in [1.54, 1.807) is 31.5 Å². The third-order valence-corrected chi connectivity index (χ3v) is 3.93. The molecule has 1 heterocycles. The van der Waals surface area contributed by atoms with Crippen molar-refractivity contribution in [3.05, 3.63) is 59.2 Å². The molecule has 3 rings (SSSR count). The van der Waals surface area contributed by atoms with Crippen LogP contribution in [0.1, 0.15) is 10.4 Å². The van der Waals surface area contributed by atoms with Crippen molar-refractivity contribution in [1.29, 1.82) is 0 Å². The maximum absolute atomic E-state index is 11.8. The van der Waals surface area contributed by atoms with E-state index in [0.717, 1.165) is 21.9 Å². The molecular formula is C18H14ClNO3. The largest absolute Gasteiger partial charge is 0.481 e. The zero-order valence-corrected chi connectivity index (χ0v) is 13.4. The van der Waals surface area contributed by atoms with Crippen molar-refractivity contribution in [2.45, 2.75) is 0 Å². The smallest absolute Gasteiger partial charge is 0.337 e. The van der Waals surface area contributed by atoms with E-state index in [-0.39, 0.29) is 5.97 Å². The van der Waals surface area contributed by atoms with E-state index in [4.69, 9.17) is 21.1 Å². The Morgan fingerprint density at radius 1 is 1.09 bits per heavy atom. The summed E-state index contributed by atoms with van der Waals surface area (Å²) in [5.74, 6) is 0.102.